The molecule has 30 heavy (non-hydrogen) atoms. The van der Waals surface area contributed by atoms with E-state index in [1.54, 1.807) is 12.4 Å². The van der Waals surface area contributed by atoms with Crippen LogP contribution in [-0.2, 0) is 14.3 Å². The van der Waals surface area contributed by atoms with Gasteiger partial charge in [-0.1, -0.05) is 0 Å². The van der Waals surface area contributed by atoms with Crippen LogP contribution < -0.4 is 4.90 Å². The number of hydrogen-bond donors (Lipinski definition) is 1. The van der Waals surface area contributed by atoms with E-state index in [-0.39, 0.29) is 24.2 Å². The SMILES string of the molecule is CC(C)(C)OC(=O)CC1(O)CCC(CC(=O)N2CCN(c3ccncc3)CC2)CC1. The van der Waals surface area contributed by atoms with Crippen molar-refractivity contribution in [1.82, 2.24) is 9.88 Å². The number of hydrogen-bond acceptors (Lipinski definition) is 6. The zero-order valence-corrected chi connectivity index (χ0v) is 18.5. The molecule has 0 spiro atoms. The molecule has 1 N–H and O–H groups in total. The lowest BCUT2D eigenvalue weighted by Crippen LogP contribution is -2.49. The van der Waals surface area contributed by atoms with Crippen LogP contribution in [0, 0.1) is 5.92 Å². The van der Waals surface area contributed by atoms with Gasteiger partial charge in [-0.05, 0) is 64.5 Å². The summed E-state index contributed by atoms with van der Waals surface area (Å²) in [6, 6.07) is 4.00. The molecule has 1 aliphatic carbocycles. The zero-order chi connectivity index (χ0) is 21.8. The number of pyridine rings is 1. The summed E-state index contributed by atoms with van der Waals surface area (Å²) in [5, 5.41) is 10.8. The van der Waals surface area contributed by atoms with Gasteiger partial charge in [0.1, 0.15) is 5.60 Å². The van der Waals surface area contributed by atoms with Gasteiger partial charge in [0.2, 0.25) is 5.91 Å². The van der Waals surface area contributed by atoms with Gasteiger partial charge < -0.3 is 19.6 Å². The first kappa shape index (κ1) is 22.5. The van der Waals surface area contributed by atoms with Crippen LogP contribution in [0.2, 0.25) is 0 Å². The Morgan fingerprint density at radius 3 is 2.30 bits per heavy atom. The lowest BCUT2D eigenvalue weighted by molar-refractivity contribution is -0.162. The molecule has 2 aliphatic rings. The Hall–Kier alpha value is -2.15. The highest BCUT2D eigenvalue weighted by atomic mass is 16.6. The van der Waals surface area contributed by atoms with Gasteiger partial charge in [0.05, 0.1) is 12.0 Å². The van der Waals surface area contributed by atoms with Gasteiger partial charge in [0, 0.05) is 50.7 Å². The Bertz CT molecular complexity index is 716. The second-order valence-corrected chi connectivity index (χ2v) is 9.71. The standard InChI is InChI=1S/C23H35N3O4/c1-22(2,3)30-21(28)17-23(29)8-4-18(5-9-23)16-20(27)26-14-12-25(13-15-26)19-6-10-24-11-7-19/h6-7,10-11,18,29H,4-5,8-9,12-17H2,1-3H3. The highest BCUT2D eigenvalue weighted by Crippen LogP contribution is 2.36. The molecule has 1 saturated carbocycles. The third kappa shape index (κ3) is 6.42. The van der Waals surface area contributed by atoms with E-state index < -0.39 is 11.2 Å². The summed E-state index contributed by atoms with van der Waals surface area (Å²) in [4.78, 5) is 33.1. The number of amides is 1. The van der Waals surface area contributed by atoms with Crippen LogP contribution in [0.25, 0.3) is 0 Å². The molecule has 0 atom stereocenters. The van der Waals surface area contributed by atoms with E-state index >= 15 is 0 Å². The lowest BCUT2D eigenvalue weighted by Gasteiger charge is -2.38. The molecule has 1 saturated heterocycles. The van der Waals surface area contributed by atoms with Crippen molar-refractivity contribution in [2.45, 2.75) is 70.5 Å². The van der Waals surface area contributed by atoms with Gasteiger partial charge in [0.25, 0.3) is 0 Å². The van der Waals surface area contributed by atoms with Crippen molar-refractivity contribution in [3.05, 3.63) is 24.5 Å². The summed E-state index contributed by atoms with van der Waals surface area (Å²) in [6.07, 6.45) is 6.75. The van der Waals surface area contributed by atoms with Gasteiger partial charge >= 0.3 is 5.97 Å². The summed E-state index contributed by atoms with van der Waals surface area (Å²) in [5.41, 5.74) is -0.398. The van der Waals surface area contributed by atoms with E-state index in [4.69, 9.17) is 4.74 Å². The minimum Gasteiger partial charge on any atom is -0.460 e. The van der Waals surface area contributed by atoms with Crippen LogP contribution in [0.15, 0.2) is 24.5 Å². The molecule has 166 valence electrons. The fourth-order valence-corrected chi connectivity index (χ4v) is 4.39. The first-order valence-corrected chi connectivity index (χ1v) is 11.0. The van der Waals surface area contributed by atoms with Crippen LogP contribution >= 0.6 is 0 Å². The van der Waals surface area contributed by atoms with E-state index in [2.05, 4.69) is 9.88 Å². The van der Waals surface area contributed by atoms with Crippen LogP contribution in [-0.4, -0.2) is 64.2 Å². The fraction of sp³-hybridized carbons (Fsp3) is 0.696. The molecule has 2 heterocycles. The third-order valence-electron chi connectivity index (χ3n) is 6.05. The number of ether oxygens (including phenoxy) is 1. The van der Waals surface area contributed by atoms with E-state index in [1.807, 2.05) is 37.8 Å². The highest BCUT2D eigenvalue weighted by Gasteiger charge is 2.37. The van der Waals surface area contributed by atoms with Crippen LogP contribution in [0.1, 0.15) is 59.3 Å². The molecule has 0 radical (unpaired) electrons. The quantitative estimate of drug-likeness (QED) is 0.742. The molecule has 0 unspecified atom stereocenters. The van der Waals surface area contributed by atoms with Crippen molar-refractivity contribution in [2.75, 3.05) is 31.1 Å². The van der Waals surface area contributed by atoms with Gasteiger partial charge in [0.15, 0.2) is 0 Å². The predicted molar refractivity (Wildman–Crippen MR) is 115 cm³/mol. The first-order chi connectivity index (χ1) is 14.1. The maximum Gasteiger partial charge on any atom is 0.309 e. The maximum atomic E-state index is 12.8. The number of rotatable bonds is 5. The Morgan fingerprint density at radius 1 is 1.13 bits per heavy atom. The zero-order valence-electron chi connectivity index (χ0n) is 18.5. The Balaban J connectivity index is 1.41. The smallest absolute Gasteiger partial charge is 0.309 e. The minimum atomic E-state index is -1.00. The Labute approximate surface area is 179 Å². The molecule has 0 bridgehead atoms. The molecular weight excluding hydrogens is 382 g/mol. The first-order valence-electron chi connectivity index (χ1n) is 11.0. The van der Waals surface area contributed by atoms with Crippen LogP contribution in [0.3, 0.4) is 0 Å². The highest BCUT2D eigenvalue weighted by molar-refractivity contribution is 5.77. The second-order valence-electron chi connectivity index (χ2n) is 9.71. The van der Waals surface area contributed by atoms with Gasteiger partial charge in [-0.15, -0.1) is 0 Å². The molecule has 3 rings (SSSR count). The molecule has 1 amide bonds. The summed E-state index contributed by atoms with van der Waals surface area (Å²) in [7, 11) is 0. The van der Waals surface area contributed by atoms with Crippen molar-refractivity contribution in [1.29, 1.82) is 0 Å². The van der Waals surface area contributed by atoms with Crippen molar-refractivity contribution in [2.24, 2.45) is 5.92 Å². The van der Waals surface area contributed by atoms with Gasteiger partial charge in [-0.2, -0.15) is 0 Å². The van der Waals surface area contributed by atoms with E-state index in [9.17, 15) is 14.7 Å². The van der Waals surface area contributed by atoms with Gasteiger partial charge in [-0.3, -0.25) is 14.6 Å². The van der Waals surface area contributed by atoms with Crippen molar-refractivity contribution in [3.8, 4) is 0 Å². The van der Waals surface area contributed by atoms with E-state index in [0.29, 0.717) is 19.3 Å². The number of piperazine rings is 1. The van der Waals surface area contributed by atoms with Crippen molar-refractivity contribution >= 4 is 17.6 Å². The average molecular weight is 418 g/mol. The van der Waals surface area contributed by atoms with Crippen molar-refractivity contribution in [3.63, 3.8) is 0 Å². The van der Waals surface area contributed by atoms with E-state index in [1.165, 1.54) is 0 Å². The Morgan fingerprint density at radius 2 is 1.73 bits per heavy atom. The van der Waals surface area contributed by atoms with Crippen LogP contribution in [0.5, 0.6) is 0 Å². The van der Waals surface area contributed by atoms with Crippen LogP contribution in [0.4, 0.5) is 5.69 Å². The molecule has 7 nitrogen and oxygen atoms in total. The number of nitrogens with zero attached hydrogens (tertiary/aromatic N) is 3. The number of aromatic nitrogens is 1. The fourth-order valence-electron chi connectivity index (χ4n) is 4.39. The number of anilines is 1. The molecule has 7 heteroatoms. The predicted octanol–water partition coefficient (Wildman–Crippen LogP) is 2.77. The average Bonchev–Trinajstić information content (AvgIpc) is 2.69. The normalized spacial score (nSPS) is 25.1. The Kier molecular flexibility index (Phi) is 7.01. The topological polar surface area (TPSA) is 83.0 Å². The molecule has 0 aromatic carbocycles. The summed E-state index contributed by atoms with van der Waals surface area (Å²) in [5.74, 6) is 0.119. The molecular formula is C23H35N3O4. The molecule has 1 aliphatic heterocycles. The summed E-state index contributed by atoms with van der Waals surface area (Å²) >= 11 is 0. The second kappa shape index (κ2) is 9.33. The lowest BCUT2D eigenvalue weighted by atomic mass is 9.76. The number of carbonyl (C=O) groups is 2. The van der Waals surface area contributed by atoms with Crippen molar-refractivity contribution < 1.29 is 19.4 Å². The number of carbonyl (C=O) groups excluding carboxylic acids is 2. The summed E-state index contributed by atoms with van der Waals surface area (Å²) in [6.45, 7) is 8.61. The molecule has 1 aromatic heterocycles. The van der Waals surface area contributed by atoms with Gasteiger partial charge in [-0.25, -0.2) is 0 Å². The van der Waals surface area contributed by atoms with E-state index in [0.717, 1.165) is 44.7 Å². The minimum absolute atomic E-state index is 0.0297. The monoisotopic (exact) mass is 417 g/mol. The number of aliphatic hydroxyl groups is 1. The molecule has 1 aromatic rings. The third-order valence-corrected chi connectivity index (χ3v) is 6.05. The maximum absolute atomic E-state index is 12.8. The largest absolute Gasteiger partial charge is 0.460 e. The number of esters is 1. The summed E-state index contributed by atoms with van der Waals surface area (Å²) < 4.78 is 5.35. The molecule has 2 fully saturated rings.